The summed E-state index contributed by atoms with van der Waals surface area (Å²) in [7, 11) is 0. The summed E-state index contributed by atoms with van der Waals surface area (Å²) in [6.07, 6.45) is 3.53. The van der Waals surface area contributed by atoms with E-state index in [0.29, 0.717) is 0 Å². The van der Waals surface area contributed by atoms with Crippen molar-refractivity contribution in [1.29, 1.82) is 5.26 Å². The molecule has 0 bridgehead atoms. The highest BCUT2D eigenvalue weighted by Gasteiger charge is 2.15. The largest absolute Gasteiger partial charge is 0.348 e. The zero-order valence-electron chi connectivity index (χ0n) is 9.36. The summed E-state index contributed by atoms with van der Waals surface area (Å²) in [4.78, 5) is 7.32. The maximum absolute atomic E-state index is 9.17. The molecule has 0 saturated carbocycles. The van der Waals surface area contributed by atoms with Crippen LogP contribution < -0.4 is 0 Å². The standard InChI is InChI=1S/C13H13N3/c1-9-4-3-5-11(12(9)8-14)10(2)13-15-6-7-16-13/h3-7,10H,1-2H3,(H,15,16)/t10-/m1/s1. The number of benzene rings is 1. The van der Waals surface area contributed by atoms with Gasteiger partial charge in [0.15, 0.2) is 0 Å². The number of nitriles is 1. The van der Waals surface area contributed by atoms with Crippen molar-refractivity contribution in [3.8, 4) is 6.07 Å². The van der Waals surface area contributed by atoms with Crippen LogP contribution >= 0.6 is 0 Å². The number of nitrogens with one attached hydrogen (secondary N) is 1. The second kappa shape index (κ2) is 4.19. The minimum absolute atomic E-state index is 0.115. The van der Waals surface area contributed by atoms with E-state index in [0.717, 1.165) is 22.5 Å². The van der Waals surface area contributed by atoms with E-state index in [1.807, 2.05) is 25.1 Å². The van der Waals surface area contributed by atoms with Crippen molar-refractivity contribution in [2.75, 3.05) is 0 Å². The van der Waals surface area contributed by atoms with E-state index in [-0.39, 0.29) is 5.92 Å². The number of aromatic nitrogens is 2. The van der Waals surface area contributed by atoms with E-state index in [4.69, 9.17) is 5.26 Å². The van der Waals surface area contributed by atoms with Gasteiger partial charge in [0.05, 0.1) is 11.6 Å². The van der Waals surface area contributed by atoms with Crippen molar-refractivity contribution >= 4 is 0 Å². The first-order chi connectivity index (χ1) is 7.74. The Morgan fingerprint density at radius 2 is 2.25 bits per heavy atom. The van der Waals surface area contributed by atoms with E-state index in [1.54, 1.807) is 12.4 Å². The fourth-order valence-electron chi connectivity index (χ4n) is 1.87. The smallest absolute Gasteiger partial charge is 0.113 e. The molecular formula is C13H13N3. The molecule has 80 valence electrons. The zero-order chi connectivity index (χ0) is 11.5. The van der Waals surface area contributed by atoms with Gasteiger partial charge < -0.3 is 4.98 Å². The summed E-state index contributed by atoms with van der Waals surface area (Å²) in [5.41, 5.74) is 2.79. The van der Waals surface area contributed by atoms with Gasteiger partial charge in [-0.25, -0.2) is 4.98 Å². The molecule has 0 saturated heterocycles. The molecular weight excluding hydrogens is 198 g/mol. The number of rotatable bonds is 2. The quantitative estimate of drug-likeness (QED) is 0.830. The predicted octanol–water partition coefficient (Wildman–Crippen LogP) is 2.74. The number of hydrogen-bond donors (Lipinski definition) is 1. The first-order valence-corrected chi connectivity index (χ1v) is 5.23. The molecule has 0 amide bonds. The van der Waals surface area contributed by atoms with Gasteiger partial charge in [-0.2, -0.15) is 5.26 Å². The molecule has 0 unspecified atom stereocenters. The lowest BCUT2D eigenvalue weighted by Gasteiger charge is -2.12. The monoisotopic (exact) mass is 211 g/mol. The van der Waals surface area contributed by atoms with Crippen molar-refractivity contribution in [3.63, 3.8) is 0 Å². The van der Waals surface area contributed by atoms with E-state index in [2.05, 4.69) is 23.0 Å². The van der Waals surface area contributed by atoms with Crippen LogP contribution in [-0.4, -0.2) is 9.97 Å². The Morgan fingerprint density at radius 3 is 2.88 bits per heavy atom. The highest BCUT2D eigenvalue weighted by atomic mass is 14.9. The van der Waals surface area contributed by atoms with Crippen molar-refractivity contribution < 1.29 is 0 Å². The van der Waals surface area contributed by atoms with E-state index < -0.39 is 0 Å². The number of aromatic amines is 1. The van der Waals surface area contributed by atoms with Gasteiger partial charge in [0.1, 0.15) is 5.82 Å². The molecule has 0 aliphatic heterocycles. The minimum atomic E-state index is 0.115. The highest BCUT2D eigenvalue weighted by molar-refractivity contribution is 5.46. The van der Waals surface area contributed by atoms with E-state index in [1.165, 1.54) is 0 Å². The molecule has 3 heteroatoms. The van der Waals surface area contributed by atoms with E-state index >= 15 is 0 Å². The number of aryl methyl sites for hydroxylation is 1. The summed E-state index contributed by atoms with van der Waals surface area (Å²) in [6.45, 7) is 4.01. The molecule has 1 aromatic carbocycles. The average Bonchev–Trinajstić information content (AvgIpc) is 2.81. The Bertz CT molecular complexity index is 521. The number of H-pyrrole nitrogens is 1. The molecule has 16 heavy (non-hydrogen) atoms. The molecule has 2 rings (SSSR count). The highest BCUT2D eigenvalue weighted by Crippen LogP contribution is 2.25. The predicted molar refractivity (Wildman–Crippen MR) is 62.0 cm³/mol. The zero-order valence-corrected chi connectivity index (χ0v) is 9.36. The van der Waals surface area contributed by atoms with Crippen LogP contribution in [0.15, 0.2) is 30.6 Å². The van der Waals surface area contributed by atoms with Gasteiger partial charge >= 0.3 is 0 Å². The van der Waals surface area contributed by atoms with Crippen LogP contribution in [0.2, 0.25) is 0 Å². The lowest BCUT2D eigenvalue weighted by Crippen LogP contribution is -2.02. The summed E-state index contributed by atoms with van der Waals surface area (Å²) in [5.74, 6) is 1.01. The van der Waals surface area contributed by atoms with Gasteiger partial charge in [0.25, 0.3) is 0 Å². The molecule has 0 spiro atoms. The average molecular weight is 211 g/mol. The Hall–Kier alpha value is -2.08. The second-order valence-electron chi connectivity index (χ2n) is 3.85. The van der Waals surface area contributed by atoms with Crippen LogP contribution in [0.25, 0.3) is 0 Å². The minimum Gasteiger partial charge on any atom is -0.348 e. The van der Waals surface area contributed by atoms with Crippen LogP contribution in [0.1, 0.15) is 35.4 Å². The summed E-state index contributed by atoms with van der Waals surface area (Å²) >= 11 is 0. The van der Waals surface area contributed by atoms with Gasteiger partial charge in [0.2, 0.25) is 0 Å². The molecule has 1 aromatic heterocycles. The van der Waals surface area contributed by atoms with Crippen LogP contribution in [0, 0.1) is 18.3 Å². The fourth-order valence-corrected chi connectivity index (χ4v) is 1.87. The van der Waals surface area contributed by atoms with Crippen LogP contribution in [0.5, 0.6) is 0 Å². The molecule has 1 N–H and O–H groups in total. The molecule has 1 heterocycles. The Morgan fingerprint density at radius 1 is 1.44 bits per heavy atom. The third-order valence-corrected chi connectivity index (χ3v) is 2.81. The van der Waals surface area contributed by atoms with Crippen molar-refractivity contribution in [2.24, 2.45) is 0 Å². The topological polar surface area (TPSA) is 52.5 Å². The molecule has 0 radical (unpaired) electrons. The summed E-state index contributed by atoms with van der Waals surface area (Å²) in [6, 6.07) is 8.18. The molecule has 0 aliphatic carbocycles. The van der Waals surface area contributed by atoms with Crippen LogP contribution in [-0.2, 0) is 0 Å². The van der Waals surface area contributed by atoms with Gasteiger partial charge in [-0.1, -0.05) is 25.1 Å². The first kappa shape index (κ1) is 10.4. The lowest BCUT2D eigenvalue weighted by atomic mass is 9.93. The number of imidazole rings is 1. The van der Waals surface area contributed by atoms with E-state index in [9.17, 15) is 0 Å². The lowest BCUT2D eigenvalue weighted by molar-refractivity contribution is 0.835. The number of hydrogen-bond acceptors (Lipinski definition) is 2. The SMILES string of the molecule is Cc1cccc([C@@H](C)c2ncc[nH]2)c1C#N. The van der Waals surface area contributed by atoms with Crippen LogP contribution in [0.4, 0.5) is 0 Å². The van der Waals surface area contributed by atoms with Crippen LogP contribution in [0.3, 0.4) is 0 Å². The Kier molecular flexibility index (Phi) is 2.74. The van der Waals surface area contributed by atoms with Crippen molar-refractivity contribution in [3.05, 3.63) is 53.1 Å². The normalized spacial score (nSPS) is 12.1. The summed E-state index contributed by atoms with van der Waals surface area (Å²) in [5, 5.41) is 9.17. The van der Waals surface area contributed by atoms with Gasteiger partial charge in [-0.05, 0) is 18.1 Å². The van der Waals surface area contributed by atoms with Gasteiger partial charge in [-0.3, -0.25) is 0 Å². The third-order valence-electron chi connectivity index (χ3n) is 2.81. The maximum Gasteiger partial charge on any atom is 0.113 e. The first-order valence-electron chi connectivity index (χ1n) is 5.23. The Labute approximate surface area is 94.8 Å². The molecule has 3 nitrogen and oxygen atoms in total. The summed E-state index contributed by atoms with van der Waals surface area (Å²) < 4.78 is 0. The Balaban J connectivity index is 2.49. The molecule has 2 aromatic rings. The molecule has 0 aliphatic rings. The maximum atomic E-state index is 9.17. The number of nitrogens with zero attached hydrogens (tertiary/aromatic N) is 2. The fraction of sp³-hybridized carbons (Fsp3) is 0.231. The van der Waals surface area contributed by atoms with Crippen molar-refractivity contribution in [2.45, 2.75) is 19.8 Å². The van der Waals surface area contributed by atoms with Crippen molar-refractivity contribution in [1.82, 2.24) is 9.97 Å². The third kappa shape index (κ3) is 1.70. The molecule has 1 atom stereocenters. The van der Waals surface area contributed by atoms with Gasteiger partial charge in [-0.15, -0.1) is 0 Å². The van der Waals surface area contributed by atoms with Gasteiger partial charge in [0, 0.05) is 18.3 Å². The molecule has 0 fully saturated rings. The second-order valence-corrected chi connectivity index (χ2v) is 3.85.